The van der Waals surface area contributed by atoms with Crippen LogP contribution < -0.4 is 11.1 Å². The number of benzene rings is 1. The van der Waals surface area contributed by atoms with Crippen LogP contribution in [0.1, 0.15) is 18.5 Å². The number of halogens is 2. The van der Waals surface area contributed by atoms with Crippen molar-refractivity contribution in [1.29, 1.82) is 0 Å². The number of amides is 1. The van der Waals surface area contributed by atoms with Gasteiger partial charge in [0.1, 0.15) is 6.04 Å². The molecule has 2 unspecified atom stereocenters. The summed E-state index contributed by atoms with van der Waals surface area (Å²) in [4.78, 5) is 13.6. The SMILES string of the molecule is CC(c1cc(Cl)ccc1Cl)N1CCNCC1C(N)=O. The van der Waals surface area contributed by atoms with Gasteiger partial charge in [0.05, 0.1) is 0 Å². The summed E-state index contributed by atoms with van der Waals surface area (Å²) in [5.74, 6) is -0.322. The molecule has 0 radical (unpaired) electrons. The Morgan fingerprint density at radius 1 is 1.53 bits per heavy atom. The first-order valence-corrected chi connectivity index (χ1v) is 6.97. The number of piperazine rings is 1. The van der Waals surface area contributed by atoms with Crippen LogP contribution in [0.4, 0.5) is 0 Å². The fraction of sp³-hybridized carbons (Fsp3) is 0.462. The number of primary amides is 1. The number of nitrogens with one attached hydrogen (secondary N) is 1. The molecule has 104 valence electrons. The van der Waals surface area contributed by atoms with Crippen molar-refractivity contribution in [2.45, 2.75) is 19.0 Å². The molecular weight excluding hydrogens is 285 g/mol. The average molecular weight is 302 g/mol. The molecule has 6 heteroatoms. The molecular formula is C13H17Cl2N3O. The molecule has 1 aliphatic heterocycles. The fourth-order valence-corrected chi connectivity index (χ4v) is 2.92. The lowest BCUT2D eigenvalue weighted by Gasteiger charge is -2.38. The van der Waals surface area contributed by atoms with Gasteiger partial charge in [0.25, 0.3) is 0 Å². The Morgan fingerprint density at radius 3 is 2.95 bits per heavy atom. The Morgan fingerprint density at radius 2 is 2.26 bits per heavy atom. The van der Waals surface area contributed by atoms with Crippen LogP contribution in [0.25, 0.3) is 0 Å². The molecule has 0 aromatic heterocycles. The molecule has 1 fully saturated rings. The minimum Gasteiger partial charge on any atom is -0.368 e. The molecule has 0 bridgehead atoms. The van der Waals surface area contributed by atoms with Crippen LogP contribution in [0.5, 0.6) is 0 Å². The van der Waals surface area contributed by atoms with Gasteiger partial charge in [0.15, 0.2) is 0 Å². The molecule has 1 aliphatic rings. The van der Waals surface area contributed by atoms with Gasteiger partial charge in [-0.15, -0.1) is 0 Å². The van der Waals surface area contributed by atoms with Crippen molar-refractivity contribution in [3.8, 4) is 0 Å². The molecule has 0 saturated carbocycles. The lowest BCUT2D eigenvalue weighted by molar-refractivity contribution is -0.124. The van der Waals surface area contributed by atoms with Crippen LogP contribution in [-0.4, -0.2) is 36.5 Å². The first-order chi connectivity index (χ1) is 9.00. The molecule has 1 aromatic rings. The van der Waals surface area contributed by atoms with Gasteiger partial charge in [-0.05, 0) is 30.7 Å². The molecule has 3 N–H and O–H groups in total. The highest BCUT2D eigenvalue weighted by Crippen LogP contribution is 2.31. The quantitative estimate of drug-likeness (QED) is 0.895. The number of carbonyl (C=O) groups is 1. The van der Waals surface area contributed by atoms with E-state index in [1.807, 2.05) is 13.0 Å². The predicted octanol–water partition coefficient (Wildman–Crippen LogP) is 1.81. The van der Waals surface area contributed by atoms with E-state index in [4.69, 9.17) is 28.9 Å². The van der Waals surface area contributed by atoms with Crippen molar-refractivity contribution in [1.82, 2.24) is 10.2 Å². The van der Waals surface area contributed by atoms with Gasteiger partial charge in [-0.1, -0.05) is 23.2 Å². The van der Waals surface area contributed by atoms with Crippen LogP contribution in [-0.2, 0) is 4.79 Å². The van der Waals surface area contributed by atoms with Gasteiger partial charge in [0, 0.05) is 35.7 Å². The van der Waals surface area contributed by atoms with Gasteiger partial charge in [0.2, 0.25) is 5.91 Å². The average Bonchev–Trinajstić information content (AvgIpc) is 2.40. The predicted molar refractivity (Wildman–Crippen MR) is 77.4 cm³/mol. The Hall–Kier alpha value is -0.810. The lowest BCUT2D eigenvalue weighted by atomic mass is 10.0. The van der Waals surface area contributed by atoms with Gasteiger partial charge in [-0.25, -0.2) is 0 Å². The van der Waals surface area contributed by atoms with Gasteiger partial charge >= 0.3 is 0 Å². The van der Waals surface area contributed by atoms with E-state index >= 15 is 0 Å². The third kappa shape index (κ3) is 3.20. The molecule has 2 atom stereocenters. The maximum absolute atomic E-state index is 11.5. The van der Waals surface area contributed by atoms with Crippen LogP contribution in [0, 0.1) is 0 Å². The number of nitrogens with zero attached hydrogens (tertiary/aromatic N) is 1. The Balaban J connectivity index is 2.28. The molecule has 19 heavy (non-hydrogen) atoms. The Bertz CT molecular complexity index is 481. The summed E-state index contributed by atoms with van der Waals surface area (Å²) in [5.41, 5.74) is 6.38. The van der Waals surface area contributed by atoms with E-state index in [0.29, 0.717) is 16.6 Å². The molecule has 1 aromatic carbocycles. The molecule has 1 amide bonds. The first kappa shape index (κ1) is 14.6. The molecule has 1 saturated heterocycles. The Kier molecular flexibility index (Phi) is 4.68. The summed E-state index contributed by atoms with van der Waals surface area (Å²) < 4.78 is 0. The zero-order valence-electron chi connectivity index (χ0n) is 10.7. The van der Waals surface area contributed by atoms with Crippen LogP contribution in [0.3, 0.4) is 0 Å². The van der Waals surface area contributed by atoms with Crippen molar-refractivity contribution in [2.75, 3.05) is 19.6 Å². The third-order valence-corrected chi connectivity index (χ3v) is 4.10. The summed E-state index contributed by atoms with van der Waals surface area (Å²) >= 11 is 12.2. The monoisotopic (exact) mass is 301 g/mol. The van der Waals surface area contributed by atoms with E-state index < -0.39 is 0 Å². The topological polar surface area (TPSA) is 58.4 Å². The fourth-order valence-electron chi connectivity index (χ4n) is 2.46. The van der Waals surface area contributed by atoms with E-state index in [1.165, 1.54) is 0 Å². The van der Waals surface area contributed by atoms with Crippen molar-refractivity contribution in [2.24, 2.45) is 5.73 Å². The maximum Gasteiger partial charge on any atom is 0.236 e. The minimum atomic E-state index is -0.322. The smallest absolute Gasteiger partial charge is 0.236 e. The first-order valence-electron chi connectivity index (χ1n) is 6.21. The van der Waals surface area contributed by atoms with Gasteiger partial charge in [-0.2, -0.15) is 0 Å². The molecule has 0 aliphatic carbocycles. The van der Waals surface area contributed by atoms with Crippen LogP contribution >= 0.6 is 23.2 Å². The van der Waals surface area contributed by atoms with E-state index in [2.05, 4.69) is 10.2 Å². The van der Waals surface area contributed by atoms with Crippen molar-refractivity contribution in [3.05, 3.63) is 33.8 Å². The standard InChI is InChI=1S/C13H17Cl2N3O/c1-8(10-6-9(14)2-3-11(10)15)18-5-4-17-7-12(18)13(16)19/h2-3,6,8,12,17H,4-5,7H2,1H3,(H2,16,19). The summed E-state index contributed by atoms with van der Waals surface area (Å²) in [6, 6.07) is 5.04. The van der Waals surface area contributed by atoms with Crippen LogP contribution in [0.2, 0.25) is 10.0 Å². The normalized spacial score (nSPS) is 22.2. The number of hydrogen-bond acceptors (Lipinski definition) is 3. The largest absolute Gasteiger partial charge is 0.368 e. The van der Waals surface area contributed by atoms with Crippen molar-refractivity contribution < 1.29 is 4.79 Å². The number of nitrogens with two attached hydrogens (primary N) is 1. The number of hydrogen-bond donors (Lipinski definition) is 2. The molecule has 4 nitrogen and oxygen atoms in total. The Labute approximate surface area is 122 Å². The zero-order chi connectivity index (χ0) is 14.0. The number of rotatable bonds is 3. The molecule has 1 heterocycles. The van der Waals surface area contributed by atoms with E-state index in [-0.39, 0.29) is 18.0 Å². The molecule has 0 spiro atoms. The highest BCUT2D eigenvalue weighted by Gasteiger charge is 2.31. The highest BCUT2D eigenvalue weighted by atomic mass is 35.5. The molecule has 2 rings (SSSR count). The van der Waals surface area contributed by atoms with E-state index in [1.54, 1.807) is 12.1 Å². The summed E-state index contributed by atoms with van der Waals surface area (Å²) in [6.45, 7) is 4.15. The summed E-state index contributed by atoms with van der Waals surface area (Å²) in [5, 5.41) is 4.46. The minimum absolute atomic E-state index is 0.00852. The second kappa shape index (κ2) is 6.09. The maximum atomic E-state index is 11.5. The second-order valence-electron chi connectivity index (χ2n) is 4.70. The third-order valence-electron chi connectivity index (χ3n) is 3.52. The van der Waals surface area contributed by atoms with Gasteiger partial charge < -0.3 is 11.1 Å². The van der Waals surface area contributed by atoms with Crippen molar-refractivity contribution in [3.63, 3.8) is 0 Å². The van der Waals surface area contributed by atoms with E-state index in [0.717, 1.165) is 18.7 Å². The highest BCUT2D eigenvalue weighted by molar-refractivity contribution is 6.33. The van der Waals surface area contributed by atoms with E-state index in [9.17, 15) is 4.79 Å². The summed E-state index contributed by atoms with van der Waals surface area (Å²) in [7, 11) is 0. The number of carbonyl (C=O) groups excluding carboxylic acids is 1. The van der Waals surface area contributed by atoms with Crippen molar-refractivity contribution >= 4 is 29.1 Å². The van der Waals surface area contributed by atoms with Crippen LogP contribution in [0.15, 0.2) is 18.2 Å². The van der Waals surface area contributed by atoms with Gasteiger partial charge in [-0.3, -0.25) is 9.69 Å². The lowest BCUT2D eigenvalue weighted by Crippen LogP contribution is -2.57. The second-order valence-corrected chi connectivity index (χ2v) is 5.55. The summed E-state index contributed by atoms with van der Waals surface area (Å²) in [6.07, 6.45) is 0. The zero-order valence-corrected chi connectivity index (χ0v) is 12.2.